The maximum atomic E-state index is 12.7. The number of pyridine rings is 3. The summed E-state index contributed by atoms with van der Waals surface area (Å²) in [6.45, 7) is 0. The Morgan fingerprint density at radius 2 is 1.90 bits per heavy atom. The van der Waals surface area contributed by atoms with Gasteiger partial charge in [0, 0.05) is 36.6 Å². The van der Waals surface area contributed by atoms with Crippen molar-refractivity contribution in [3.63, 3.8) is 0 Å². The third-order valence-electron chi connectivity index (χ3n) is 4.32. The van der Waals surface area contributed by atoms with Crippen LogP contribution < -0.4 is 17.0 Å². The van der Waals surface area contributed by atoms with Gasteiger partial charge in [-0.2, -0.15) is 0 Å². The number of rotatable bonds is 4. The Morgan fingerprint density at radius 3 is 2.60 bits per heavy atom. The fraction of sp³-hybridized carbons (Fsp3) is 0.0556. The standard InChI is InChI=1S/C18H14N6O4S2/c1-30(27,28)10-2-8(4-21-6-10)12-7-23-18(29-12)13-14(19)15-11(24-17(13)26)3-9(5-22-15)16(20)25/h2-7H,1H3,(H2,20,25)(H3,19,24,26). The van der Waals surface area contributed by atoms with Crippen molar-refractivity contribution in [2.24, 2.45) is 5.73 Å². The minimum Gasteiger partial charge on any atom is -0.396 e. The number of carbonyl (C=O) groups is 1. The largest absolute Gasteiger partial charge is 0.396 e. The van der Waals surface area contributed by atoms with Crippen LogP contribution in [0.2, 0.25) is 0 Å². The molecule has 1 amide bonds. The highest BCUT2D eigenvalue weighted by Crippen LogP contribution is 2.35. The van der Waals surface area contributed by atoms with Crippen LogP contribution in [0.15, 0.2) is 46.6 Å². The van der Waals surface area contributed by atoms with E-state index in [1.54, 1.807) is 0 Å². The van der Waals surface area contributed by atoms with Gasteiger partial charge in [-0.1, -0.05) is 0 Å². The van der Waals surface area contributed by atoms with E-state index in [0.29, 0.717) is 21.0 Å². The average Bonchev–Trinajstić information content (AvgIpc) is 3.16. The number of nitrogen functional groups attached to an aromatic ring is 1. The third-order valence-corrected chi connectivity index (χ3v) is 6.46. The Balaban J connectivity index is 1.83. The molecule has 0 aliphatic carbocycles. The van der Waals surface area contributed by atoms with Crippen LogP contribution in [0.4, 0.5) is 5.69 Å². The third kappa shape index (κ3) is 3.42. The first-order valence-corrected chi connectivity index (χ1v) is 11.1. The van der Waals surface area contributed by atoms with Crippen LogP contribution in [0.5, 0.6) is 0 Å². The van der Waals surface area contributed by atoms with Gasteiger partial charge in [-0.3, -0.25) is 19.6 Å². The topological polar surface area (TPSA) is 175 Å². The molecule has 0 saturated carbocycles. The molecule has 152 valence electrons. The van der Waals surface area contributed by atoms with Crippen LogP contribution in [0.3, 0.4) is 0 Å². The molecule has 0 atom stereocenters. The number of primary amides is 1. The molecule has 0 aliphatic heterocycles. The van der Waals surface area contributed by atoms with Crippen molar-refractivity contribution in [3.05, 3.63) is 52.8 Å². The Labute approximate surface area is 173 Å². The first kappa shape index (κ1) is 19.7. The van der Waals surface area contributed by atoms with Gasteiger partial charge in [0.05, 0.1) is 26.5 Å². The number of sulfone groups is 1. The zero-order valence-electron chi connectivity index (χ0n) is 15.4. The van der Waals surface area contributed by atoms with Gasteiger partial charge in [-0.15, -0.1) is 11.3 Å². The normalized spacial score (nSPS) is 11.6. The highest BCUT2D eigenvalue weighted by molar-refractivity contribution is 7.90. The molecule has 30 heavy (non-hydrogen) atoms. The molecule has 4 heterocycles. The van der Waals surface area contributed by atoms with Gasteiger partial charge in [0.2, 0.25) is 5.91 Å². The maximum absolute atomic E-state index is 12.7. The van der Waals surface area contributed by atoms with Gasteiger partial charge in [-0.05, 0) is 12.1 Å². The predicted octanol–water partition coefficient (Wildman–Crippen LogP) is 1.19. The number of H-pyrrole nitrogens is 1. The Bertz CT molecular complexity index is 1490. The van der Waals surface area contributed by atoms with Crippen molar-refractivity contribution in [3.8, 4) is 21.0 Å². The SMILES string of the molecule is CS(=O)(=O)c1cncc(-c2cnc(-c3c(N)c4ncc(C(N)=O)cc4[nH]c3=O)s2)c1. The highest BCUT2D eigenvalue weighted by Gasteiger charge is 2.18. The van der Waals surface area contributed by atoms with E-state index in [0.717, 1.165) is 17.6 Å². The van der Waals surface area contributed by atoms with Crippen LogP contribution in [-0.2, 0) is 9.84 Å². The Hall–Kier alpha value is -3.64. The molecule has 0 aromatic carbocycles. The van der Waals surface area contributed by atoms with Crippen molar-refractivity contribution < 1.29 is 13.2 Å². The second-order valence-electron chi connectivity index (χ2n) is 6.44. The Morgan fingerprint density at radius 1 is 1.13 bits per heavy atom. The van der Waals surface area contributed by atoms with E-state index in [1.165, 1.54) is 36.9 Å². The van der Waals surface area contributed by atoms with Gasteiger partial charge in [-0.25, -0.2) is 13.4 Å². The summed E-state index contributed by atoms with van der Waals surface area (Å²) in [7, 11) is -3.42. The minimum absolute atomic E-state index is 0.0764. The summed E-state index contributed by atoms with van der Waals surface area (Å²) in [4.78, 5) is 39.7. The van der Waals surface area contributed by atoms with Crippen molar-refractivity contribution in [1.29, 1.82) is 0 Å². The molecular formula is C18H14N6O4S2. The summed E-state index contributed by atoms with van der Waals surface area (Å²) in [6.07, 6.45) is 6.65. The summed E-state index contributed by atoms with van der Waals surface area (Å²) in [5.74, 6) is -0.678. The van der Waals surface area contributed by atoms with Crippen molar-refractivity contribution >= 4 is 43.8 Å². The van der Waals surface area contributed by atoms with Crippen LogP contribution >= 0.6 is 11.3 Å². The van der Waals surface area contributed by atoms with Crippen molar-refractivity contribution in [2.75, 3.05) is 12.0 Å². The lowest BCUT2D eigenvalue weighted by Gasteiger charge is -2.06. The molecule has 0 unspecified atom stereocenters. The fourth-order valence-corrected chi connectivity index (χ4v) is 4.37. The molecule has 0 aliphatic rings. The summed E-state index contributed by atoms with van der Waals surface area (Å²) >= 11 is 1.16. The molecule has 0 saturated heterocycles. The molecule has 0 radical (unpaired) electrons. The highest BCUT2D eigenvalue weighted by atomic mass is 32.2. The molecule has 4 rings (SSSR count). The number of hydrogen-bond donors (Lipinski definition) is 3. The van der Waals surface area contributed by atoms with Gasteiger partial charge in [0.25, 0.3) is 5.56 Å². The quantitative estimate of drug-likeness (QED) is 0.422. The molecule has 0 bridgehead atoms. The van der Waals surface area contributed by atoms with Crippen LogP contribution in [0.1, 0.15) is 10.4 Å². The summed E-state index contributed by atoms with van der Waals surface area (Å²) in [5.41, 5.74) is 12.4. The number of hydrogen-bond acceptors (Lipinski definition) is 9. The molecule has 4 aromatic heterocycles. The van der Waals surface area contributed by atoms with Crippen LogP contribution in [0.25, 0.3) is 32.0 Å². The number of aromatic nitrogens is 4. The number of nitrogens with one attached hydrogen (secondary N) is 1. The molecule has 0 fully saturated rings. The lowest BCUT2D eigenvalue weighted by atomic mass is 10.1. The molecule has 0 spiro atoms. The van der Waals surface area contributed by atoms with E-state index in [1.807, 2.05) is 0 Å². The average molecular weight is 442 g/mol. The van der Waals surface area contributed by atoms with E-state index < -0.39 is 21.3 Å². The number of amides is 1. The number of thiazole rings is 1. The van der Waals surface area contributed by atoms with Crippen LogP contribution in [0, 0.1) is 0 Å². The number of fused-ring (bicyclic) bond motifs is 1. The first-order chi connectivity index (χ1) is 14.1. The molecule has 4 aromatic rings. The predicted molar refractivity (Wildman–Crippen MR) is 113 cm³/mol. The molecule has 12 heteroatoms. The number of nitrogens with two attached hydrogens (primary N) is 2. The zero-order chi connectivity index (χ0) is 21.6. The van der Waals surface area contributed by atoms with E-state index >= 15 is 0 Å². The number of aromatic amines is 1. The molecule has 10 nitrogen and oxygen atoms in total. The minimum atomic E-state index is -3.42. The van der Waals surface area contributed by atoms with Gasteiger partial charge < -0.3 is 16.5 Å². The van der Waals surface area contributed by atoms with Crippen LogP contribution in [-0.4, -0.2) is 40.5 Å². The monoisotopic (exact) mass is 442 g/mol. The van der Waals surface area contributed by atoms with E-state index in [2.05, 4.69) is 19.9 Å². The van der Waals surface area contributed by atoms with Gasteiger partial charge in [0.15, 0.2) is 9.84 Å². The summed E-state index contributed by atoms with van der Waals surface area (Å²) in [6, 6.07) is 2.89. The molecular weight excluding hydrogens is 428 g/mol. The Kier molecular flexibility index (Phi) is 4.59. The van der Waals surface area contributed by atoms with Gasteiger partial charge >= 0.3 is 0 Å². The van der Waals surface area contributed by atoms with E-state index in [9.17, 15) is 18.0 Å². The molecule has 5 N–H and O–H groups in total. The fourth-order valence-electron chi connectivity index (χ4n) is 2.83. The second kappa shape index (κ2) is 7.00. The number of carbonyl (C=O) groups excluding carboxylic acids is 1. The zero-order valence-corrected chi connectivity index (χ0v) is 17.0. The van der Waals surface area contributed by atoms with E-state index in [-0.39, 0.29) is 27.2 Å². The smallest absolute Gasteiger partial charge is 0.260 e. The number of anilines is 1. The second-order valence-corrected chi connectivity index (χ2v) is 9.48. The summed E-state index contributed by atoms with van der Waals surface area (Å²) < 4.78 is 23.5. The lowest BCUT2D eigenvalue weighted by molar-refractivity contribution is 0.1000. The van der Waals surface area contributed by atoms with Gasteiger partial charge in [0.1, 0.15) is 16.1 Å². The van der Waals surface area contributed by atoms with E-state index in [4.69, 9.17) is 11.5 Å². The lowest BCUT2D eigenvalue weighted by Crippen LogP contribution is -2.15. The first-order valence-electron chi connectivity index (χ1n) is 8.38. The van der Waals surface area contributed by atoms with Crippen molar-refractivity contribution in [2.45, 2.75) is 4.90 Å². The summed E-state index contributed by atoms with van der Waals surface area (Å²) in [5, 5.41) is 0.330. The number of nitrogens with zero attached hydrogens (tertiary/aromatic N) is 3. The van der Waals surface area contributed by atoms with Crippen molar-refractivity contribution in [1.82, 2.24) is 19.9 Å². The maximum Gasteiger partial charge on any atom is 0.260 e.